The van der Waals surface area contributed by atoms with Gasteiger partial charge in [0.1, 0.15) is 5.69 Å². The van der Waals surface area contributed by atoms with Gasteiger partial charge in [0, 0.05) is 5.10 Å². The van der Waals surface area contributed by atoms with Crippen molar-refractivity contribution in [1.82, 2.24) is 9.90 Å². The zero-order valence-corrected chi connectivity index (χ0v) is 7.35. The van der Waals surface area contributed by atoms with Crippen LogP contribution in [0.2, 0.25) is 5.15 Å². The SMILES string of the molecule is [O-][n+]1c(Cl)cnn1-c1ccccc1. The predicted octanol–water partition coefficient (Wildman–Crippen LogP) is 1.16. The van der Waals surface area contributed by atoms with E-state index in [1.54, 1.807) is 12.1 Å². The first-order chi connectivity index (χ1) is 6.29. The van der Waals surface area contributed by atoms with Gasteiger partial charge < -0.3 is 5.21 Å². The van der Waals surface area contributed by atoms with Crippen molar-refractivity contribution in [3.05, 3.63) is 46.9 Å². The molecule has 0 N–H and O–H groups in total. The molecule has 1 aromatic carbocycles. The Hall–Kier alpha value is -1.55. The fourth-order valence-corrected chi connectivity index (χ4v) is 1.14. The number of para-hydroxylation sites is 1. The first-order valence-electron chi connectivity index (χ1n) is 3.68. The van der Waals surface area contributed by atoms with Crippen LogP contribution in [0.1, 0.15) is 0 Å². The minimum atomic E-state index is 0.0591. The van der Waals surface area contributed by atoms with Gasteiger partial charge in [-0.1, -0.05) is 18.2 Å². The third-order valence-electron chi connectivity index (χ3n) is 1.62. The fraction of sp³-hybridized carbons (Fsp3) is 0. The van der Waals surface area contributed by atoms with Gasteiger partial charge in [0.25, 0.3) is 5.15 Å². The van der Waals surface area contributed by atoms with E-state index in [2.05, 4.69) is 5.10 Å². The van der Waals surface area contributed by atoms with Crippen LogP contribution in [-0.4, -0.2) is 9.90 Å². The number of benzene rings is 1. The zero-order chi connectivity index (χ0) is 9.26. The van der Waals surface area contributed by atoms with Gasteiger partial charge in [-0.05, 0) is 28.5 Å². The van der Waals surface area contributed by atoms with Gasteiger partial charge in [0.05, 0.1) is 0 Å². The molecule has 0 spiro atoms. The lowest BCUT2D eigenvalue weighted by molar-refractivity contribution is -0.686. The van der Waals surface area contributed by atoms with E-state index in [4.69, 9.17) is 11.6 Å². The maximum absolute atomic E-state index is 11.3. The highest BCUT2D eigenvalue weighted by molar-refractivity contribution is 6.28. The number of aromatic nitrogens is 3. The number of halogens is 1. The molecule has 0 fully saturated rings. The summed E-state index contributed by atoms with van der Waals surface area (Å²) in [5, 5.41) is 15.1. The molecular formula is C8H6ClN3O. The van der Waals surface area contributed by atoms with Crippen LogP contribution in [0.15, 0.2) is 36.5 Å². The van der Waals surface area contributed by atoms with Gasteiger partial charge >= 0.3 is 0 Å². The molecule has 0 radical (unpaired) electrons. The molecule has 0 aliphatic carbocycles. The highest BCUT2D eigenvalue weighted by Gasteiger charge is 2.10. The van der Waals surface area contributed by atoms with Crippen LogP contribution in [0.25, 0.3) is 5.69 Å². The van der Waals surface area contributed by atoms with Crippen LogP contribution in [0.5, 0.6) is 0 Å². The van der Waals surface area contributed by atoms with Crippen LogP contribution < -0.4 is 4.85 Å². The maximum atomic E-state index is 11.3. The smallest absolute Gasteiger partial charge is 0.264 e. The molecule has 0 aliphatic rings. The van der Waals surface area contributed by atoms with Crippen molar-refractivity contribution >= 4 is 11.6 Å². The van der Waals surface area contributed by atoms with E-state index in [-0.39, 0.29) is 5.15 Å². The Morgan fingerprint density at radius 2 is 2.00 bits per heavy atom. The lowest BCUT2D eigenvalue weighted by atomic mass is 10.3. The van der Waals surface area contributed by atoms with Crippen molar-refractivity contribution in [1.29, 1.82) is 0 Å². The minimum absolute atomic E-state index is 0.0591. The van der Waals surface area contributed by atoms with E-state index in [9.17, 15) is 5.21 Å². The van der Waals surface area contributed by atoms with Gasteiger partial charge in [0.2, 0.25) is 6.20 Å². The molecule has 0 saturated heterocycles. The van der Waals surface area contributed by atoms with Crippen molar-refractivity contribution in [3.8, 4) is 5.69 Å². The van der Waals surface area contributed by atoms with Gasteiger partial charge in [-0.3, -0.25) is 0 Å². The van der Waals surface area contributed by atoms with Gasteiger partial charge in [0.15, 0.2) is 0 Å². The maximum Gasteiger partial charge on any atom is 0.264 e. The van der Waals surface area contributed by atoms with Gasteiger partial charge in [-0.2, -0.15) is 0 Å². The molecule has 0 aliphatic heterocycles. The largest absolute Gasteiger partial charge is 0.691 e. The van der Waals surface area contributed by atoms with Crippen molar-refractivity contribution in [2.24, 2.45) is 0 Å². The molecule has 4 nitrogen and oxygen atoms in total. The summed E-state index contributed by atoms with van der Waals surface area (Å²) in [6.07, 6.45) is 1.31. The summed E-state index contributed by atoms with van der Waals surface area (Å²) in [6.45, 7) is 0. The minimum Gasteiger partial charge on any atom is -0.691 e. The van der Waals surface area contributed by atoms with E-state index < -0.39 is 0 Å². The molecule has 0 unspecified atom stereocenters. The lowest BCUT2D eigenvalue weighted by Crippen LogP contribution is -2.37. The second kappa shape index (κ2) is 3.06. The molecule has 0 bridgehead atoms. The third kappa shape index (κ3) is 1.36. The number of rotatable bonds is 1. The molecule has 66 valence electrons. The Morgan fingerprint density at radius 3 is 2.54 bits per heavy atom. The fourth-order valence-electron chi connectivity index (χ4n) is 1.02. The van der Waals surface area contributed by atoms with E-state index >= 15 is 0 Å². The molecule has 2 aromatic rings. The highest BCUT2D eigenvalue weighted by Crippen LogP contribution is 2.04. The molecule has 0 atom stereocenters. The van der Waals surface area contributed by atoms with E-state index in [0.717, 1.165) is 0 Å². The highest BCUT2D eigenvalue weighted by atomic mass is 35.5. The second-order valence-corrected chi connectivity index (χ2v) is 2.85. The lowest BCUT2D eigenvalue weighted by Gasteiger charge is -2.02. The standard InChI is InChI=1S/C8H6ClN3O/c9-8-6-10-11(12(8)13)7-4-2-1-3-5-7/h1-6H. The van der Waals surface area contributed by atoms with Crippen molar-refractivity contribution in [3.63, 3.8) is 0 Å². The summed E-state index contributed by atoms with van der Waals surface area (Å²) < 4.78 is 0. The number of hydrogen-bond donors (Lipinski definition) is 0. The molecule has 5 heteroatoms. The zero-order valence-electron chi connectivity index (χ0n) is 6.59. The summed E-state index contributed by atoms with van der Waals surface area (Å²) in [5.74, 6) is 0. The number of nitrogens with zero attached hydrogens (tertiary/aromatic N) is 3. The van der Waals surface area contributed by atoms with Crippen LogP contribution >= 0.6 is 11.6 Å². The summed E-state index contributed by atoms with van der Waals surface area (Å²) in [5.41, 5.74) is 0.685. The van der Waals surface area contributed by atoms with Crippen molar-refractivity contribution in [2.75, 3.05) is 0 Å². The van der Waals surface area contributed by atoms with Crippen molar-refractivity contribution < 1.29 is 4.85 Å². The summed E-state index contributed by atoms with van der Waals surface area (Å²) >= 11 is 5.55. The van der Waals surface area contributed by atoms with Crippen LogP contribution in [0.4, 0.5) is 0 Å². The van der Waals surface area contributed by atoms with E-state index in [1.165, 1.54) is 11.0 Å². The van der Waals surface area contributed by atoms with Crippen LogP contribution in [-0.2, 0) is 0 Å². The Bertz CT molecular complexity index is 413. The average Bonchev–Trinajstić information content (AvgIpc) is 2.49. The molecule has 0 saturated carbocycles. The quantitative estimate of drug-likeness (QED) is 0.506. The Labute approximate surface area is 79.5 Å². The van der Waals surface area contributed by atoms with E-state index in [1.807, 2.05) is 18.2 Å². The monoisotopic (exact) mass is 195 g/mol. The predicted molar refractivity (Wildman–Crippen MR) is 47.5 cm³/mol. The molecule has 13 heavy (non-hydrogen) atoms. The van der Waals surface area contributed by atoms with Crippen molar-refractivity contribution in [2.45, 2.75) is 0 Å². The van der Waals surface area contributed by atoms with E-state index in [0.29, 0.717) is 10.5 Å². The summed E-state index contributed by atoms with van der Waals surface area (Å²) in [4.78, 5) is 1.71. The van der Waals surface area contributed by atoms with Crippen LogP contribution in [0.3, 0.4) is 0 Å². The van der Waals surface area contributed by atoms with Gasteiger partial charge in [-0.15, -0.1) is 4.85 Å². The average molecular weight is 196 g/mol. The molecule has 1 aromatic heterocycles. The number of hydrogen-bond acceptors (Lipinski definition) is 2. The second-order valence-electron chi connectivity index (χ2n) is 2.47. The Morgan fingerprint density at radius 1 is 1.31 bits per heavy atom. The Balaban J connectivity index is 2.53. The molecular weight excluding hydrogens is 190 g/mol. The summed E-state index contributed by atoms with van der Waals surface area (Å²) in [6, 6.07) is 9.06. The molecule has 2 rings (SSSR count). The van der Waals surface area contributed by atoms with Crippen LogP contribution in [0, 0.1) is 5.21 Å². The first-order valence-corrected chi connectivity index (χ1v) is 4.05. The third-order valence-corrected chi connectivity index (χ3v) is 1.86. The first kappa shape index (κ1) is 8.07. The van der Waals surface area contributed by atoms with Gasteiger partial charge in [-0.25, -0.2) is 0 Å². The Kier molecular flexibility index (Phi) is 1.90. The topological polar surface area (TPSA) is 44.8 Å². The normalized spacial score (nSPS) is 10.2. The molecule has 1 heterocycles. The molecule has 0 amide bonds. The summed E-state index contributed by atoms with van der Waals surface area (Å²) in [7, 11) is 0.